The van der Waals surface area contributed by atoms with E-state index in [1.165, 1.54) is 6.33 Å². The van der Waals surface area contributed by atoms with Crippen molar-refractivity contribution in [3.05, 3.63) is 34.9 Å². The van der Waals surface area contributed by atoms with Crippen LogP contribution in [0.2, 0.25) is 0 Å². The van der Waals surface area contributed by atoms with Crippen molar-refractivity contribution in [3.8, 4) is 0 Å². The molecule has 2 aliphatic heterocycles. The highest BCUT2D eigenvalue weighted by molar-refractivity contribution is 5.81. The van der Waals surface area contributed by atoms with Gasteiger partial charge in [0, 0.05) is 58.0 Å². The molecule has 3 heterocycles. The second-order valence-corrected chi connectivity index (χ2v) is 7.58. The minimum absolute atomic E-state index is 0.376. The largest absolute Gasteiger partial charge is 0.379 e. The van der Waals surface area contributed by atoms with Gasteiger partial charge >= 0.3 is 0 Å². The first-order chi connectivity index (χ1) is 14.1. The van der Waals surface area contributed by atoms with Gasteiger partial charge in [0.25, 0.3) is 12.0 Å². The van der Waals surface area contributed by atoms with E-state index in [0.29, 0.717) is 10.9 Å². The van der Waals surface area contributed by atoms with Gasteiger partial charge in [-0.1, -0.05) is 0 Å². The topological polar surface area (TPSA) is 53.8 Å². The number of halogens is 2. The highest BCUT2D eigenvalue weighted by atomic mass is 19.3. The Morgan fingerprint density at radius 2 is 1.69 bits per heavy atom. The molecule has 0 N–H and O–H groups in total. The van der Waals surface area contributed by atoms with Crippen molar-refractivity contribution in [2.75, 3.05) is 70.5 Å². The molecule has 4 rings (SSSR count). The molecule has 0 radical (unpaired) electrons. The summed E-state index contributed by atoms with van der Waals surface area (Å²) in [7, 11) is 0. The van der Waals surface area contributed by atoms with Crippen molar-refractivity contribution in [1.29, 1.82) is 0 Å². The number of hydrogen-bond donors (Lipinski definition) is 0. The molecular formula is C20H27F2N5O2. The van der Waals surface area contributed by atoms with Crippen LogP contribution in [-0.2, 0) is 11.3 Å². The maximum absolute atomic E-state index is 12.6. The van der Waals surface area contributed by atoms with Gasteiger partial charge in [-0.15, -0.1) is 0 Å². The molecule has 0 atom stereocenters. The van der Waals surface area contributed by atoms with Crippen LogP contribution in [0.5, 0.6) is 0 Å². The Morgan fingerprint density at radius 3 is 2.38 bits per heavy atom. The summed E-state index contributed by atoms with van der Waals surface area (Å²) in [5.41, 5.74) is 1.14. The summed E-state index contributed by atoms with van der Waals surface area (Å²) in [6, 6.07) is 5.47. The maximum Gasteiger partial charge on any atom is 0.261 e. The summed E-state index contributed by atoms with van der Waals surface area (Å²) in [6.45, 7) is 9.02. The van der Waals surface area contributed by atoms with E-state index in [-0.39, 0.29) is 0 Å². The van der Waals surface area contributed by atoms with Crippen molar-refractivity contribution < 1.29 is 13.5 Å². The van der Waals surface area contributed by atoms with Crippen LogP contribution in [0.1, 0.15) is 0 Å². The number of fused-ring (bicyclic) bond motifs is 1. The number of anilines is 1. The summed E-state index contributed by atoms with van der Waals surface area (Å²) < 4.78 is 31.6. The molecule has 2 aromatic rings. The normalized spacial score (nSPS) is 19.3. The van der Waals surface area contributed by atoms with Gasteiger partial charge in [-0.2, -0.15) is 0 Å². The molecule has 7 nitrogen and oxygen atoms in total. The fraction of sp³-hybridized carbons (Fsp3) is 0.600. The molecule has 0 amide bonds. The third-order valence-corrected chi connectivity index (χ3v) is 5.72. The quantitative estimate of drug-likeness (QED) is 0.715. The minimum Gasteiger partial charge on any atom is -0.379 e. The van der Waals surface area contributed by atoms with E-state index in [1.54, 1.807) is 6.07 Å². The van der Waals surface area contributed by atoms with E-state index >= 15 is 0 Å². The van der Waals surface area contributed by atoms with Gasteiger partial charge in [0.15, 0.2) is 0 Å². The van der Waals surface area contributed by atoms with Gasteiger partial charge in [0.2, 0.25) is 0 Å². The molecule has 29 heavy (non-hydrogen) atoms. The summed E-state index contributed by atoms with van der Waals surface area (Å²) >= 11 is 0. The van der Waals surface area contributed by atoms with E-state index in [0.717, 1.165) is 75.8 Å². The molecule has 0 saturated carbocycles. The van der Waals surface area contributed by atoms with Crippen LogP contribution in [0.25, 0.3) is 10.9 Å². The lowest BCUT2D eigenvalue weighted by atomic mass is 10.2. The third-order valence-electron chi connectivity index (χ3n) is 5.72. The molecular weight excluding hydrogens is 380 g/mol. The number of nitrogens with zero attached hydrogens (tertiary/aromatic N) is 5. The van der Waals surface area contributed by atoms with Crippen LogP contribution in [0, 0.1) is 0 Å². The highest BCUT2D eigenvalue weighted by Crippen LogP contribution is 2.20. The van der Waals surface area contributed by atoms with Crippen molar-refractivity contribution in [1.82, 2.24) is 19.4 Å². The molecule has 158 valence electrons. The molecule has 0 bridgehead atoms. The Kier molecular flexibility index (Phi) is 6.37. The molecule has 0 unspecified atom stereocenters. The van der Waals surface area contributed by atoms with Crippen LogP contribution >= 0.6 is 0 Å². The summed E-state index contributed by atoms with van der Waals surface area (Å²) in [5, 5.41) is 0.376. The first-order valence-electron chi connectivity index (χ1n) is 10.1. The van der Waals surface area contributed by atoms with Gasteiger partial charge in [0.05, 0.1) is 37.0 Å². The minimum atomic E-state index is -2.58. The van der Waals surface area contributed by atoms with E-state index in [1.807, 2.05) is 12.1 Å². The first-order valence-corrected chi connectivity index (χ1v) is 10.1. The van der Waals surface area contributed by atoms with Gasteiger partial charge < -0.3 is 9.64 Å². The third kappa shape index (κ3) is 4.91. The Balaban J connectivity index is 1.36. The Hall–Kier alpha value is -2.10. The van der Waals surface area contributed by atoms with E-state index in [9.17, 15) is 13.6 Å². The second kappa shape index (κ2) is 9.15. The van der Waals surface area contributed by atoms with Crippen LogP contribution in [0.15, 0.2) is 29.3 Å². The second-order valence-electron chi connectivity index (χ2n) is 7.58. The van der Waals surface area contributed by atoms with Gasteiger partial charge in [-0.25, -0.2) is 13.8 Å². The zero-order valence-electron chi connectivity index (χ0n) is 16.5. The fourth-order valence-corrected chi connectivity index (χ4v) is 3.96. The molecule has 9 heteroatoms. The predicted octanol–water partition coefficient (Wildman–Crippen LogP) is 1.12. The zero-order valence-corrected chi connectivity index (χ0v) is 16.5. The summed E-state index contributed by atoms with van der Waals surface area (Å²) in [4.78, 5) is 23.8. The number of morpholine rings is 1. The van der Waals surface area contributed by atoms with Crippen molar-refractivity contribution in [3.63, 3.8) is 0 Å². The van der Waals surface area contributed by atoms with Gasteiger partial charge in [-0.05, 0) is 18.2 Å². The maximum atomic E-state index is 12.6. The Bertz CT molecular complexity index is 877. The number of hydrogen-bond acceptors (Lipinski definition) is 6. The summed E-state index contributed by atoms with van der Waals surface area (Å²) in [6.07, 6.45) is -1.37. The Morgan fingerprint density at radius 1 is 1.00 bits per heavy atom. The smallest absolute Gasteiger partial charge is 0.261 e. The van der Waals surface area contributed by atoms with Crippen LogP contribution in [-0.4, -0.2) is 91.3 Å². The molecule has 1 aromatic heterocycles. The van der Waals surface area contributed by atoms with E-state index < -0.39 is 18.5 Å². The van der Waals surface area contributed by atoms with Gasteiger partial charge in [-0.3, -0.25) is 19.2 Å². The molecule has 0 spiro atoms. The van der Waals surface area contributed by atoms with Crippen molar-refractivity contribution in [2.45, 2.75) is 13.0 Å². The van der Waals surface area contributed by atoms with Crippen LogP contribution in [0.3, 0.4) is 0 Å². The molecule has 0 aliphatic carbocycles. The number of piperazine rings is 1. The molecule has 2 fully saturated rings. The van der Waals surface area contributed by atoms with Crippen LogP contribution in [0.4, 0.5) is 14.5 Å². The fourth-order valence-electron chi connectivity index (χ4n) is 3.96. The van der Waals surface area contributed by atoms with Crippen LogP contribution < -0.4 is 10.5 Å². The number of ether oxygens (including phenoxy) is 1. The number of aromatic nitrogens is 2. The van der Waals surface area contributed by atoms with E-state index in [2.05, 4.69) is 19.7 Å². The first kappa shape index (κ1) is 20.2. The van der Waals surface area contributed by atoms with Gasteiger partial charge in [0.1, 0.15) is 0 Å². The number of alkyl halides is 2. The lowest BCUT2D eigenvalue weighted by Gasteiger charge is -2.37. The molecule has 1 aromatic carbocycles. The Labute approximate surface area is 168 Å². The summed E-state index contributed by atoms with van der Waals surface area (Å²) in [5.74, 6) is 0. The molecule has 2 saturated heterocycles. The number of rotatable bonds is 6. The average molecular weight is 407 g/mol. The predicted molar refractivity (Wildman–Crippen MR) is 108 cm³/mol. The lowest BCUT2D eigenvalue weighted by Crippen LogP contribution is -2.49. The standard InChI is InChI=1S/C20H27F2N5O2/c21-19(22)14-27-15-23-18-13-16(1-2-17(18)20(27)28)26-7-5-24(6-8-26)3-4-25-9-11-29-12-10-25/h1-2,13,15,19H,3-12,14H2. The zero-order chi connectivity index (χ0) is 20.2. The SMILES string of the molecule is O=c1c2ccc(N3CCN(CCN4CCOCC4)CC3)cc2ncn1CC(F)F. The van der Waals surface area contributed by atoms with Crippen molar-refractivity contribution in [2.24, 2.45) is 0 Å². The lowest BCUT2D eigenvalue weighted by molar-refractivity contribution is 0.0331. The van der Waals surface area contributed by atoms with Crippen molar-refractivity contribution >= 4 is 16.6 Å². The number of benzene rings is 1. The average Bonchev–Trinajstić information content (AvgIpc) is 2.75. The van der Waals surface area contributed by atoms with E-state index in [4.69, 9.17) is 4.74 Å². The highest BCUT2D eigenvalue weighted by Gasteiger charge is 2.19. The molecule has 2 aliphatic rings. The monoisotopic (exact) mass is 407 g/mol.